The van der Waals surface area contributed by atoms with Crippen LogP contribution in [0.2, 0.25) is 0 Å². The maximum absolute atomic E-state index is 13.6. The molecule has 2 aromatic heterocycles. The van der Waals surface area contributed by atoms with Crippen LogP contribution in [0.4, 0.5) is 5.69 Å². The number of fused-ring (bicyclic) bond motifs is 1. The van der Waals surface area contributed by atoms with Crippen molar-refractivity contribution in [3.63, 3.8) is 0 Å². The average molecular weight is 488 g/mol. The normalized spacial score (nSPS) is 16.3. The van der Waals surface area contributed by atoms with Gasteiger partial charge in [0.2, 0.25) is 11.8 Å². The van der Waals surface area contributed by atoms with Crippen molar-refractivity contribution in [1.29, 1.82) is 0 Å². The highest BCUT2D eigenvalue weighted by Crippen LogP contribution is 2.34. The molecule has 8 heteroatoms. The first-order valence-electron chi connectivity index (χ1n) is 11.5. The summed E-state index contributed by atoms with van der Waals surface area (Å²) in [6.45, 7) is 5.82. The molecule has 1 fully saturated rings. The van der Waals surface area contributed by atoms with Crippen LogP contribution < -0.4 is 4.90 Å². The Kier molecular flexibility index (Phi) is 5.76. The Morgan fingerprint density at radius 2 is 1.86 bits per heavy atom. The zero-order valence-electron chi connectivity index (χ0n) is 19.7. The van der Waals surface area contributed by atoms with Crippen LogP contribution in [0, 0.1) is 0 Å². The molecule has 0 spiro atoms. The number of oxazole rings is 1. The fourth-order valence-electron chi connectivity index (χ4n) is 4.37. The van der Waals surface area contributed by atoms with E-state index in [9.17, 15) is 14.4 Å². The number of hydrogen-bond acceptors (Lipinski definition) is 6. The van der Waals surface area contributed by atoms with Crippen LogP contribution in [0.5, 0.6) is 0 Å². The topological polar surface area (TPSA) is 83.7 Å². The summed E-state index contributed by atoms with van der Waals surface area (Å²) in [6.07, 6.45) is 0.591. The van der Waals surface area contributed by atoms with Gasteiger partial charge in [-0.1, -0.05) is 25.1 Å². The van der Waals surface area contributed by atoms with Gasteiger partial charge in [0.25, 0.3) is 11.8 Å². The van der Waals surface area contributed by atoms with Crippen LogP contribution in [-0.4, -0.2) is 39.2 Å². The molecule has 0 radical (unpaired) electrons. The molecule has 1 aliphatic rings. The van der Waals surface area contributed by atoms with Crippen LogP contribution in [0.25, 0.3) is 22.6 Å². The molecule has 5 rings (SSSR count). The summed E-state index contributed by atoms with van der Waals surface area (Å²) in [5, 5.41) is 1.83. The fourth-order valence-corrected chi connectivity index (χ4v) is 5.03. The van der Waals surface area contributed by atoms with E-state index in [0.717, 1.165) is 11.1 Å². The van der Waals surface area contributed by atoms with Gasteiger partial charge < -0.3 is 9.32 Å². The number of para-hydroxylation sites is 2. The number of rotatable bonds is 6. The third kappa shape index (κ3) is 4.04. The molecule has 1 unspecified atom stereocenters. The zero-order chi connectivity index (χ0) is 24.7. The van der Waals surface area contributed by atoms with Gasteiger partial charge in [0, 0.05) is 11.1 Å². The molecule has 3 heterocycles. The van der Waals surface area contributed by atoms with E-state index < -0.39 is 17.5 Å². The SMILES string of the molecule is CCC(C)(C)N(C(=O)c1cccs1)C1CC(=O)N(c2ccc(-c3nc4ccccc4o3)cc2)C1=O. The second-order valence-corrected chi connectivity index (χ2v) is 10.1. The maximum Gasteiger partial charge on any atom is 0.265 e. The summed E-state index contributed by atoms with van der Waals surface area (Å²) in [4.78, 5) is 47.8. The van der Waals surface area contributed by atoms with Crippen molar-refractivity contribution in [2.24, 2.45) is 0 Å². The van der Waals surface area contributed by atoms with Gasteiger partial charge in [-0.3, -0.25) is 14.4 Å². The number of aromatic nitrogens is 1. The molecule has 35 heavy (non-hydrogen) atoms. The Bertz CT molecular complexity index is 1370. The number of carbonyl (C=O) groups is 3. The second-order valence-electron chi connectivity index (χ2n) is 9.14. The quantitative estimate of drug-likeness (QED) is 0.335. The van der Waals surface area contributed by atoms with Gasteiger partial charge in [-0.25, -0.2) is 9.88 Å². The van der Waals surface area contributed by atoms with E-state index in [1.807, 2.05) is 50.4 Å². The van der Waals surface area contributed by atoms with Crippen LogP contribution in [0.3, 0.4) is 0 Å². The molecule has 1 aliphatic heterocycles. The van der Waals surface area contributed by atoms with Gasteiger partial charge in [0.15, 0.2) is 5.58 Å². The molecule has 1 saturated heterocycles. The number of carbonyl (C=O) groups excluding carboxylic acids is 3. The molecule has 0 bridgehead atoms. The van der Waals surface area contributed by atoms with Crippen LogP contribution >= 0.6 is 11.3 Å². The summed E-state index contributed by atoms with van der Waals surface area (Å²) < 4.78 is 5.82. The first-order chi connectivity index (χ1) is 16.8. The number of nitrogens with zero attached hydrogens (tertiary/aromatic N) is 3. The number of imide groups is 1. The molecule has 7 nitrogen and oxygen atoms in total. The summed E-state index contributed by atoms with van der Waals surface area (Å²) >= 11 is 1.33. The number of anilines is 1. The second kappa shape index (κ2) is 8.78. The van der Waals surface area contributed by atoms with Crippen molar-refractivity contribution in [2.75, 3.05) is 4.90 Å². The van der Waals surface area contributed by atoms with E-state index in [1.54, 1.807) is 41.3 Å². The lowest BCUT2D eigenvalue weighted by atomic mass is 9.95. The highest BCUT2D eigenvalue weighted by molar-refractivity contribution is 7.12. The van der Waals surface area contributed by atoms with E-state index in [0.29, 0.717) is 28.5 Å². The third-order valence-electron chi connectivity index (χ3n) is 6.57. The maximum atomic E-state index is 13.6. The van der Waals surface area contributed by atoms with Crippen molar-refractivity contribution in [3.8, 4) is 11.5 Å². The minimum atomic E-state index is -0.858. The summed E-state index contributed by atoms with van der Waals surface area (Å²) in [5.74, 6) is -0.486. The number of thiophene rings is 1. The number of benzene rings is 2. The van der Waals surface area contributed by atoms with Crippen molar-refractivity contribution in [2.45, 2.75) is 45.2 Å². The lowest BCUT2D eigenvalue weighted by Gasteiger charge is -2.41. The van der Waals surface area contributed by atoms with E-state index in [2.05, 4.69) is 4.98 Å². The van der Waals surface area contributed by atoms with E-state index >= 15 is 0 Å². The minimum Gasteiger partial charge on any atom is -0.436 e. The molecule has 2 aromatic carbocycles. The molecule has 178 valence electrons. The zero-order valence-corrected chi connectivity index (χ0v) is 20.5. The molecule has 0 N–H and O–H groups in total. The summed E-state index contributed by atoms with van der Waals surface area (Å²) in [5.41, 5.74) is 2.04. The molecular weight excluding hydrogens is 462 g/mol. The first kappa shape index (κ1) is 23.0. The number of hydrogen-bond donors (Lipinski definition) is 0. The molecule has 3 amide bonds. The highest BCUT2D eigenvalue weighted by atomic mass is 32.1. The molecular formula is C27H25N3O4S. The Morgan fingerprint density at radius 1 is 1.11 bits per heavy atom. The largest absolute Gasteiger partial charge is 0.436 e. The summed E-state index contributed by atoms with van der Waals surface area (Å²) in [7, 11) is 0. The Hall–Kier alpha value is -3.78. The van der Waals surface area contributed by atoms with Crippen LogP contribution in [0.15, 0.2) is 70.5 Å². The van der Waals surface area contributed by atoms with Gasteiger partial charge >= 0.3 is 0 Å². The monoisotopic (exact) mass is 487 g/mol. The lowest BCUT2D eigenvalue weighted by Crippen LogP contribution is -2.55. The van der Waals surface area contributed by atoms with Crippen LogP contribution in [-0.2, 0) is 9.59 Å². The fraction of sp³-hybridized carbons (Fsp3) is 0.259. The van der Waals surface area contributed by atoms with E-state index in [1.165, 1.54) is 16.2 Å². The smallest absolute Gasteiger partial charge is 0.265 e. The third-order valence-corrected chi connectivity index (χ3v) is 7.43. The van der Waals surface area contributed by atoms with Gasteiger partial charge in [-0.05, 0) is 68.1 Å². The average Bonchev–Trinajstić information content (AvgIpc) is 3.59. The minimum absolute atomic E-state index is 0.0493. The number of amides is 3. The molecule has 1 atom stereocenters. The summed E-state index contributed by atoms with van der Waals surface area (Å²) in [6, 6.07) is 17.2. The van der Waals surface area contributed by atoms with Crippen molar-refractivity contribution in [3.05, 3.63) is 70.9 Å². The Balaban J connectivity index is 1.44. The molecule has 0 saturated carbocycles. The first-order valence-corrected chi connectivity index (χ1v) is 12.4. The van der Waals surface area contributed by atoms with Crippen molar-refractivity contribution >= 4 is 45.8 Å². The van der Waals surface area contributed by atoms with Crippen LogP contribution in [0.1, 0.15) is 43.3 Å². The van der Waals surface area contributed by atoms with Gasteiger partial charge in [0.05, 0.1) is 17.0 Å². The predicted molar refractivity (Wildman–Crippen MR) is 135 cm³/mol. The molecule has 4 aromatic rings. The lowest BCUT2D eigenvalue weighted by molar-refractivity contribution is -0.123. The standard InChI is InChI=1S/C27H25N3O4S/c1-4-27(2,3)30(26(33)22-10-7-15-35-22)20-16-23(31)29(25(20)32)18-13-11-17(12-14-18)24-28-19-8-5-6-9-21(19)34-24/h5-15,20H,4,16H2,1-3H3. The van der Waals surface area contributed by atoms with Crippen molar-refractivity contribution < 1.29 is 18.8 Å². The van der Waals surface area contributed by atoms with Gasteiger partial charge in [-0.15, -0.1) is 11.3 Å². The predicted octanol–water partition coefficient (Wildman–Crippen LogP) is 5.52. The van der Waals surface area contributed by atoms with E-state index in [-0.39, 0.29) is 18.2 Å². The Morgan fingerprint density at radius 3 is 2.51 bits per heavy atom. The highest BCUT2D eigenvalue weighted by Gasteiger charge is 2.48. The van der Waals surface area contributed by atoms with Gasteiger partial charge in [-0.2, -0.15) is 0 Å². The Labute approximate surface area is 207 Å². The van der Waals surface area contributed by atoms with Crippen molar-refractivity contribution in [1.82, 2.24) is 9.88 Å². The van der Waals surface area contributed by atoms with Gasteiger partial charge in [0.1, 0.15) is 11.6 Å². The molecule has 0 aliphatic carbocycles. The van der Waals surface area contributed by atoms with E-state index in [4.69, 9.17) is 4.42 Å².